The van der Waals surface area contributed by atoms with Crippen LogP contribution < -0.4 is 0 Å². The first kappa shape index (κ1) is 20.6. The van der Waals surface area contributed by atoms with E-state index >= 15 is 0 Å². The molecule has 34 heavy (non-hydrogen) atoms. The van der Waals surface area contributed by atoms with Crippen molar-refractivity contribution in [2.24, 2.45) is 4.99 Å². The van der Waals surface area contributed by atoms with E-state index in [9.17, 15) is 4.79 Å². The minimum atomic E-state index is -1.26. The molecule has 0 saturated heterocycles. The number of carbonyl (C=O) groups is 1. The van der Waals surface area contributed by atoms with Gasteiger partial charge >= 0.3 is 5.97 Å². The number of aliphatic imine (C=N–C) groups is 1. The van der Waals surface area contributed by atoms with Gasteiger partial charge in [0.25, 0.3) is 0 Å². The normalized spacial score (nSPS) is 18.6. The van der Waals surface area contributed by atoms with Crippen LogP contribution in [0.4, 0.5) is 0 Å². The third-order valence-electron chi connectivity index (χ3n) is 6.55. The highest BCUT2D eigenvalue weighted by Gasteiger charge is 2.56. The molecule has 0 saturated carbocycles. The maximum absolute atomic E-state index is 14.0. The van der Waals surface area contributed by atoms with Crippen LogP contribution in [0.15, 0.2) is 107 Å². The molecule has 2 aromatic heterocycles. The van der Waals surface area contributed by atoms with Gasteiger partial charge in [0.2, 0.25) is 5.90 Å². The number of fused-ring (bicyclic) bond motifs is 1. The predicted octanol–water partition coefficient (Wildman–Crippen LogP) is 6.57. The molecule has 5 heteroatoms. The number of thiophene rings is 1. The van der Waals surface area contributed by atoms with E-state index in [0.29, 0.717) is 5.90 Å². The number of para-hydroxylation sites is 1. The lowest BCUT2D eigenvalue weighted by Gasteiger charge is -2.31. The van der Waals surface area contributed by atoms with Gasteiger partial charge in [-0.05, 0) is 47.7 Å². The molecule has 166 valence electrons. The molecule has 6 rings (SSSR count). The number of hydrogen-bond donors (Lipinski definition) is 1. The van der Waals surface area contributed by atoms with Gasteiger partial charge in [-0.25, -0.2) is 9.79 Å². The van der Waals surface area contributed by atoms with E-state index in [-0.39, 0.29) is 11.9 Å². The molecule has 0 bridgehead atoms. The van der Waals surface area contributed by atoms with Crippen LogP contribution >= 0.6 is 11.3 Å². The summed E-state index contributed by atoms with van der Waals surface area (Å²) in [5.74, 6) is -0.394. The van der Waals surface area contributed by atoms with Crippen LogP contribution in [0.5, 0.6) is 0 Å². The average Bonchev–Trinajstić information content (AvgIpc) is 3.61. The smallest absolute Gasteiger partial charge is 0.346 e. The Labute approximate surface area is 201 Å². The van der Waals surface area contributed by atoms with Gasteiger partial charge < -0.3 is 9.72 Å². The van der Waals surface area contributed by atoms with E-state index in [1.165, 1.54) is 0 Å². The van der Waals surface area contributed by atoms with Crippen LogP contribution in [0.25, 0.3) is 10.9 Å². The first-order valence-corrected chi connectivity index (χ1v) is 12.1. The van der Waals surface area contributed by atoms with Crippen LogP contribution in [0, 0.1) is 6.92 Å². The molecule has 1 aliphatic heterocycles. The van der Waals surface area contributed by atoms with E-state index in [0.717, 1.165) is 38.2 Å². The van der Waals surface area contributed by atoms with Crippen molar-refractivity contribution < 1.29 is 9.53 Å². The summed E-state index contributed by atoms with van der Waals surface area (Å²) in [5, 5.41) is 3.18. The Morgan fingerprint density at radius 1 is 0.882 bits per heavy atom. The highest BCUT2D eigenvalue weighted by Crippen LogP contribution is 2.50. The Hall–Kier alpha value is -3.96. The average molecular weight is 463 g/mol. The number of cyclic esters (lactones) is 1. The summed E-state index contributed by atoms with van der Waals surface area (Å²) in [6, 6.07) is 31.7. The number of aromatic nitrogens is 1. The molecule has 3 heterocycles. The molecule has 0 aliphatic carbocycles. The molecule has 2 atom stereocenters. The van der Waals surface area contributed by atoms with Crippen LogP contribution in [0.2, 0.25) is 0 Å². The van der Waals surface area contributed by atoms with Gasteiger partial charge in [-0.3, -0.25) is 0 Å². The van der Waals surface area contributed by atoms with Crippen molar-refractivity contribution in [3.05, 3.63) is 130 Å². The molecule has 4 nitrogen and oxygen atoms in total. The lowest BCUT2D eigenvalue weighted by Crippen LogP contribution is -2.38. The van der Waals surface area contributed by atoms with E-state index in [2.05, 4.69) is 30.1 Å². The molecule has 0 fully saturated rings. The Kier molecular flexibility index (Phi) is 4.93. The van der Waals surface area contributed by atoms with Crippen LogP contribution in [-0.2, 0) is 15.1 Å². The Balaban J connectivity index is 1.67. The van der Waals surface area contributed by atoms with Gasteiger partial charge in [0, 0.05) is 27.0 Å². The number of carbonyl (C=O) groups excluding carboxylic acids is 1. The number of nitrogens with zero attached hydrogens (tertiary/aromatic N) is 1. The fraction of sp³-hybridized carbons (Fsp3) is 0.103. The number of esters is 1. The van der Waals surface area contributed by atoms with Crippen LogP contribution in [-0.4, -0.2) is 16.9 Å². The first-order chi connectivity index (χ1) is 16.7. The second kappa shape index (κ2) is 8.12. The summed E-state index contributed by atoms with van der Waals surface area (Å²) in [6.07, 6.45) is 0. The number of nitrogens with one attached hydrogen (secondary N) is 1. The van der Waals surface area contributed by atoms with Crippen molar-refractivity contribution in [1.29, 1.82) is 0 Å². The topological polar surface area (TPSA) is 54.4 Å². The summed E-state index contributed by atoms with van der Waals surface area (Å²) in [4.78, 5) is 23.8. The van der Waals surface area contributed by atoms with Gasteiger partial charge in [0.1, 0.15) is 0 Å². The number of rotatable bonds is 5. The van der Waals surface area contributed by atoms with Gasteiger partial charge in [-0.2, -0.15) is 0 Å². The molecule has 5 aromatic rings. The number of ether oxygens (including phenoxy) is 1. The summed E-state index contributed by atoms with van der Waals surface area (Å²) >= 11 is 1.63. The Morgan fingerprint density at radius 3 is 2.29 bits per heavy atom. The number of benzene rings is 3. The molecule has 0 spiro atoms. The largest absolute Gasteiger partial charge is 0.405 e. The van der Waals surface area contributed by atoms with E-state index in [1.807, 2.05) is 84.2 Å². The number of aryl methyl sites for hydroxylation is 1. The molecule has 1 aliphatic rings. The zero-order chi connectivity index (χ0) is 23.1. The fourth-order valence-electron chi connectivity index (χ4n) is 4.93. The number of hydrogen-bond acceptors (Lipinski definition) is 4. The van der Waals surface area contributed by atoms with Crippen molar-refractivity contribution in [2.75, 3.05) is 0 Å². The minimum absolute atomic E-state index is 0.352. The quantitative estimate of drug-likeness (QED) is 0.300. The maximum Gasteiger partial charge on any atom is 0.346 e. The van der Waals surface area contributed by atoms with Crippen molar-refractivity contribution in [2.45, 2.75) is 18.4 Å². The standard InChI is InChI=1S/C29H22N2O2S/c1-19-22-15-8-9-16-23(22)30-26(19)25(24-17-10-18-34-24)29(21-13-6-3-7-14-21)28(32)33-27(31-29)20-11-4-2-5-12-20/h2-18,25,30H,1H3/t25-,29+/m1/s1. The van der Waals surface area contributed by atoms with Crippen molar-refractivity contribution in [3.8, 4) is 0 Å². The zero-order valence-electron chi connectivity index (χ0n) is 18.6. The fourth-order valence-corrected chi connectivity index (χ4v) is 5.82. The SMILES string of the molecule is Cc1c([C@@H](c2cccs2)[C@]2(c3ccccc3)N=C(c3ccccc3)OC2=O)[nH]c2ccccc12. The Bertz CT molecular complexity index is 1500. The summed E-state index contributed by atoms with van der Waals surface area (Å²) in [5.41, 5.74) is 3.46. The zero-order valence-corrected chi connectivity index (χ0v) is 19.4. The van der Waals surface area contributed by atoms with Gasteiger partial charge in [0.05, 0.1) is 5.92 Å². The highest BCUT2D eigenvalue weighted by atomic mass is 32.1. The van der Waals surface area contributed by atoms with Crippen molar-refractivity contribution in [1.82, 2.24) is 4.98 Å². The van der Waals surface area contributed by atoms with Crippen molar-refractivity contribution >= 4 is 34.1 Å². The maximum atomic E-state index is 14.0. The lowest BCUT2D eigenvalue weighted by molar-refractivity contribution is -0.139. The monoisotopic (exact) mass is 462 g/mol. The van der Waals surface area contributed by atoms with E-state index in [4.69, 9.17) is 9.73 Å². The van der Waals surface area contributed by atoms with Crippen molar-refractivity contribution in [3.63, 3.8) is 0 Å². The molecule has 0 unspecified atom stereocenters. The minimum Gasteiger partial charge on any atom is -0.405 e. The van der Waals surface area contributed by atoms with Crippen LogP contribution in [0.1, 0.15) is 33.2 Å². The summed E-state index contributed by atoms with van der Waals surface area (Å²) in [6.45, 7) is 2.11. The van der Waals surface area contributed by atoms with Gasteiger partial charge in [-0.15, -0.1) is 11.3 Å². The van der Waals surface area contributed by atoms with Gasteiger partial charge in [-0.1, -0.05) is 72.8 Å². The van der Waals surface area contributed by atoms with Crippen LogP contribution in [0.3, 0.4) is 0 Å². The first-order valence-electron chi connectivity index (χ1n) is 11.2. The molecule has 0 amide bonds. The van der Waals surface area contributed by atoms with E-state index < -0.39 is 5.54 Å². The highest BCUT2D eigenvalue weighted by molar-refractivity contribution is 7.10. The van der Waals surface area contributed by atoms with E-state index in [1.54, 1.807) is 11.3 Å². The summed E-state index contributed by atoms with van der Waals surface area (Å²) < 4.78 is 5.93. The number of H-pyrrole nitrogens is 1. The number of aromatic amines is 1. The molecule has 1 N–H and O–H groups in total. The third-order valence-corrected chi connectivity index (χ3v) is 7.49. The molecule has 0 radical (unpaired) electrons. The molecule has 3 aromatic carbocycles. The second-order valence-corrected chi connectivity index (χ2v) is 9.44. The van der Waals surface area contributed by atoms with Gasteiger partial charge in [0.15, 0.2) is 5.54 Å². The molecular formula is C29H22N2O2S. The summed E-state index contributed by atoms with van der Waals surface area (Å²) in [7, 11) is 0. The Morgan fingerprint density at radius 2 is 1.59 bits per heavy atom. The predicted molar refractivity (Wildman–Crippen MR) is 136 cm³/mol. The lowest BCUT2D eigenvalue weighted by atomic mass is 9.75. The molecular weight excluding hydrogens is 440 g/mol. The third kappa shape index (κ3) is 3.12. The second-order valence-electron chi connectivity index (χ2n) is 8.46.